The number of pyridine rings is 1. The van der Waals surface area contributed by atoms with Crippen LogP contribution in [0.1, 0.15) is 6.04 Å². The van der Waals surface area contributed by atoms with E-state index >= 15 is 0 Å². The zero-order valence-electron chi connectivity index (χ0n) is 8.51. The molecule has 3 atom stereocenters. The zero-order chi connectivity index (χ0) is 10.7. The molecular formula is C11H10ClN3O. The Morgan fingerprint density at radius 2 is 2.12 bits per heavy atom. The first-order valence-corrected chi connectivity index (χ1v) is 5.80. The highest BCUT2D eigenvalue weighted by atomic mass is 35.5. The molecule has 16 heavy (non-hydrogen) atoms. The van der Waals surface area contributed by atoms with Crippen LogP contribution in [0, 0.1) is 11.8 Å². The quantitative estimate of drug-likeness (QED) is 0.709. The van der Waals surface area contributed by atoms with Gasteiger partial charge >= 0.3 is 0 Å². The van der Waals surface area contributed by atoms with Crippen LogP contribution in [0.15, 0.2) is 18.3 Å². The minimum absolute atomic E-state index is 0.497. The van der Waals surface area contributed by atoms with Gasteiger partial charge in [0.1, 0.15) is 5.15 Å². The molecule has 4 nitrogen and oxygen atoms in total. The fraction of sp³-hybridized carbons (Fsp3) is 0.455. The van der Waals surface area contributed by atoms with Crippen molar-refractivity contribution in [2.24, 2.45) is 11.8 Å². The molecular weight excluding hydrogens is 226 g/mol. The lowest BCUT2D eigenvalue weighted by Crippen LogP contribution is -2.05. The number of hydrogen-bond donors (Lipinski definition) is 0. The second kappa shape index (κ2) is 2.96. The van der Waals surface area contributed by atoms with Gasteiger partial charge in [0.05, 0.1) is 19.3 Å². The first-order valence-electron chi connectivity index (χ1n) is 5.42. The molecule has 2 aromatic heterocycles. The predicted molar refractivity (Wildman–Crippen MR) is 59.4 cm³/mol. The Kier molecular flexibility index (Phi) is 1.66. The fourth-order valence-electron chi connectivity index (χ4n) is 2.65. The number of nitrogens with zero attached hydrogens (tertiary/aromatic N) is 3. The summed E-state index contributed by atoms with van der Waals surface area (Å²) in [6, 6.07) is 4.27. The van der Waals surface area contributed by atoms with E-state index in [1.807, 2.05) is 10.7 Å². The lowest BCUT2D eigenvalue weighted by molar-refractivity contribution is 0.150. The summed E-state index contributed by atoms with van der Waals surface area (Å²) in [5.41, 5.74) is 0.735. The van der Waals surface area contributed by atoms with Crippen LogP contribution in [0.5, 0.6) is 0 Å². The highest BCUT2D eigenvalue weighted by molar-refractivity contribution is 6.29. The van der Waals surface area contributed by atoms with Crippen molar-refractivity contribution in [1.29, 1.82) is 0 Å². The fourth-order valence-corrected chi connectivity index (χ4v) is 2.80. The van der Waals surface area contributed by atoms with Gasteiger partial charge in [0.15, 0.2) is 5.65 Å². The Bertz CT molecular complexity index is 557. The molecule has 3 heterocycles. The number of fused-ring (bicyclic) bond motifs is 2. The van der Waals surface area contributed by atoms with Crippen molar-refractivity contribution < 1.29 is 4.74 Å². The summed E-state index contributed by atoms with van der Waals surface area (Å²) in [6.07, 6.45) is 2.06. The molecule has 1 aliphatic heterocycles. The van der Waals surface area contributed by atoms with E-state index in [9.17, 15) is 0 Å². The van der Waals surface area contributed by atoms with E-state index in [-0.39, 0.29) is 0 Å². The first kappa shape index (κ1) is 8.96. The summed E-state index contributed by atoms with van der Waals surface area (Å²) in [6.45, 7) is 1.75. The molecule has 1 unspecified atom stereocenters. The lowest BCUT2D eigenvalue weighted by Gasteiger charge is -2.03. The van der Waals surface area contributed by atoms with Crippen molar-refractivity contribution in [2.45, 2.75) is 6.04 Å². The Balaban J connectivity index is 1.76. The average Bonchev–Trinajstić information content (AvgIpc) is 2.68. The molecule has 0 spiro atoms. The highest BCUT2D eigenvalue weighted by Gasteiger charge is 2.55. The topological polar surface area (TPSA) is 39.9 Å². The second-order valence-electron chi connectivity index (χ2n) is 4.51. The van der Waals surface area contributed by atoms with Crippen LogP contribution in [0.2, 0.25) is 5.15 Å². The Labute approximate surface area is 97.2 Å². The van der Waals surface area contributed by atoms with Gasteiger partial charge in [0.25, 0.3) is 0 Å². The summed E-state index contributed by atoms with van der Waals surface area (Å²) in [4.78, 5) is 4.20. The third-order valence-electron chi connectivity index (χ3n) is 3.57. The van der Waals surface area contributed by atoms with E-state index in [4.69, 9.17) is 16.3 Å². The molecule has 4 rings (SSSR count). The molecule has 2 aliphatic rings. The smallest absolute Gasteiger partial charge is 0.182 e. The number of halogens is 1. The third kappa shape index (κ3) is 1.14. The monoisotopic (exact) mass is 235 g/mol. The average molecular weight is 236 g/mol. The molecule has 2 aromatic rings. The summed E-state index contributed by atoms with van der Waals surface area (Å²) in [5.74, 6) is 1.31. The van der Waals surface area contributed by atoms with Gasteiger partial charge < -0.3 is 4.74 Å². The predicted octanol–water partition coefficient (Wildman–Crippen LogP) is 1.90. The number of rotatable bonds is 1. The van der Waals surface area contributed by atoms with Crippen molar-refractivity contribution in [3.8, 4) is 0 Å². The molecule has 2 fully saturated rings. The van der Waals surface area contributed by atoms with Crippen molar-refractivity contribution in [1.82, 2.24) is 14.8 Å². The van der Waals surface area contributed by atoms with E-state index in [0.717, 1.165) is 24.2 Å². The molecule has 0 amide bonds. The van der Waals surface area contributed by atoms with Gasteiger partial charge in [-0.2, -0.15) is 5.10 Å². The summed E-state index contributed by atoms with van der Waals surface area (Å²) in [7, 11) is 0. The maximum atomic E-state index is 5.84. The zero-order valence-corrected chi connectivity index (χ0v) is 9.26. The number of aromatic nitrogens is 3. The van der Waals surface area contributed by atoms with Gasteiger partial charge in [-0.05, 0) is 12.1 Å². The van der Waals surface area contributed by atoms with Crippen LogP contribution in [-0.2, 0) is 4.74 Å². The third-order valence-corrected chi connectivity index (χ3v) is 3.78. The highest BCUT2D eigenvalue weighted by Crippen LogP contribution is 2.54. The van der Waals surface area contributed by atoms with E-state index in [0.29, 0.717) is 23.0 Å². The van der Waals surface area contributed by atoms with E-state index in [2.05, 4.69) is 16.3 Å². The van der Waals surface area contributed by atoms with Crippen LogP contribution in [0.4, 0.5) is 0 Å². The Morgan fingerprint density at radius 3 is 2.94 bits per heavy atom. The Morgan fingerprint density at radius 1 is 1.31 bits per heavy atom. The van der Waals surface area contributed by atoms with Gasteiger partial charge in [0.2, 0.25) is 0 Å². The summed E-state index contributed by atoms with van der Waals surface area (Å²) >= 11 is 5.84. The van der Waals surface area contributed by atoms with Gasteiger partial charge in [-0.25, -0.2) is 4.98 Å². The minimum atomic E-state index is 0.497. The molecule has 0 aromatic carbocycles. The molecule has 0 bridgehead atoms. The van der Waals surface area contributed by atoms with Gasteiger partial charge in [-0.1, -0.05) is 11.6 Å². The van der Waals surface area contributed by atoms with Crippen molar-refractivity contribution in [3.63, 3.8) is 0 Å². The maximum absolute atomic E-state index is 5.84. The SMILES string of the molecule is Clc1ccc2cn(C3[C@H]4COC[C@@H]34)nc2n1. The molecule has 0 radical (unpaired) electrons. The minimum Gasteiger partial charge on any atom is -0.381 e. The van der Waals surface area contributed by atoms with Crippen LogP contribution in [0.25, 0.3) is 11.0 Å². The van der Waals surface area contributed by atoms with Crippen LogP contribution in [0.3, 0.4) is 0 Å². The lowest BCUT2D eigenvalue weighted by atomic mass is 10.4. The van der Waals surface area contributed by atoms with Crippen LogP contribution >= 0.6 is 11.6 Å². The van der Waals surface area contributed by atoms with E-state index in [1.54, 1.807) is 6.07 Å². The molecule has 0 N–H and O–H groups in total. The van der Waals surface area contributed by atoms with Crippen LogP contribution < -0.4 is 0 Å². The first-order chi connectivity index (χ1) is 7.83. The van der Waals surface area contributed by atoms with Crippen molar-refractivity contribution in [2.75, 3.05) is 13.2 Å². The van der Waals surface area contributed by atoms with Crippen molar-refractivity contribution in [3.05, 3.63) is 23.5 Å². The Hall–Kier alpha value is -1.13. The molecule has 1 saturated carbocycles. The molecule has 5 heteroatoms. The van der Waals surface area contributed by atoms with Gasteiger partial charge in [0, 0.05) is 23.4 Å². The molecule has 82 valence electrons. The van der Waals surface area contributed by atoms with E-state index < -0.39 is 0 Å². The van der Waals surface area contributed by atoms with Gasteiger partial charge in [-0.3, -0.25) is 4.68 Å². The summed E-state index contributed by atoms with van der Waals surface area (Å²) in [5, 5.41) is 6.03. The number of ether oxygens (including phenoxy) is 1. The number of hydrogen-bond acceptors (Lipinski definition) is 3. The van der Waals surface area contributed by atoms with E-state index in [1.165, 1.54) is 0 Å². The molecule has 1 saturated heterocycles. The normalized spacial score (nSPS) is 31.9. The maximum Gasteiger partial charge on any atom is 0.182 e. The van der Waals surface area contributed by atoms with Gasteiger partial charge in [-0.15, -0.1) is 0 Å². The second-order valence-corrected chi connectivity index (χ2v) is 4.90. The standard InChI is InChI=1S/C11H10ClN3O/c12-9-2-1-6-3-15(14-11(6)13-9)10-7-4-16-5-8(7)10/h1-3,7-8,10H,4-5H2/t7-,8+,10?. The van der Waals surface area contributed by atoms with Crippen molar-refractivity contribution >= 4 is 22.6 Å². The summed E-state index contributed by atoms with van der Waals surface area (Å²) < 4.78 is 7.41. The largest absolute Gasteiger partial charge is 0.381 e. The van der Waals surface area contributed by atoms with Crippen LogP contribution in [-0.4, -0.2) is 28.0 Å². The molecule has 1 aliphatic carbocycles.